The first kappa shape index (κ1) is 15.7. The normalized spacial score (nSPS) is 20.7. The summed E-state index contributed by atoms with van der Waals surface area (Å²) in [7, 11) is 0. The number of halogens is 3. The maximum Gasteiger partial charge on any atom is 0.416 e. The van der Waals surface area contributed by atoms with Crippen LogP contribution in [-0.4, -0.2) is 28.6 Å². The fourth-order valence-electron chi connectivity index (χ4n) is 2.06. The van der Waals surface area contributed by atoms with Crippen LogP contribution in [0.1, 0.15) is 23.4 Å². The van der Waals surface area contributed by atoms with Crippen molar-refractivity contribution < 1.29 is 27.9 Å². The van der Waals surface area contributed by atoms with Gasteiger partial charge >= 0.3 is 6.18 Å². The van der Waals surface area contributed by atoms with E-state index in [0.717, 1.165) is 17.0 Å². The highest BCUT2D eigenvalue weighted by molar-refractivity contribution is 8.00. The highest BCUT2D eigenvalue weighted by Gasteiger charge is 2.37. The van der Waals surface area contributed by atoms with Gasteiger partial charge in [-0.1, -0.05) is 12.1 Å². The number of nitrogens with zero attached hydrogens (tertiary/aromatic N) is 1. The number of alkyl halides is 3. The van der Waals surface area contributed by atoms with Gasteiger partial charge in [0.05, 0.1) is 23.3 Å². The van der Waals surface area contributed by atoms with Crippen LogP contribution >= 0.6 is 11.8 Å². The van der Waals surface area contributed by atoms with Crippen molar-refractivity contribution in [1.29, 1.82) is 0 Å². The van der Waals surface area contributed by atoms with E-state index in [1.54, 1.807) is 0 Å². The highest BCUT2D eigenvalue weighted by atomic mass is 32.2. The van der Waals surface area contributed by atoms with E-state index >= 15 is 0 Å². The lowest BCUT2D eigenvalue weighted by molar-refractivity contribution is -0.310. The van der Waals surface area contributed by atoms with Crippen molar-refractivity contribution >= 4 is 23.6 Å². The second-order valence-electron chi connectivity index (χ2n) is 4.58. The van der Waals surface area contributed by atoms with Crippen LogP contribution in [0.4, 0.5) is 13.2 Å². The molecule has 0 radical (unpaired) electrons. The molecule has 0 spiro atoms. The molecule has 1 aliphatic rings. The number of hydrogen-bond donors (Lipinski definition) is 0. The molecule has 4 nitrogen and oxygen atoms in total. The molecule has 0 aromatic heterocycles. The van der Waals surface area contributed by atoms with Gasteiger partial charge in [-0.25, -0.2) is 0 Å². The fourth-order valence-corrected chi connectivity index (χ4v) is 3.32. The standard InChI is InChI=1S/C13H12F3NO3S/c1-7(12(19)20)17-10(18)6-21-11(17)8-2-4-9(5-3-8)13(14,15)16/h2-5,7,11H,6H2,1H3,(H,19,20)/p-1/t7-,11+/m1/s1. The lowest BCUT2D eigenvalue weighted by Crippen LogP contribution is -2.47. The molecule has 1 fully saturated rings. The van der Waals surface area contributed by atoms with E-state index in [2.05, 4.69) is 0 Å². The SMILES string of the molecule is C[C@H](C(=O)[O-])N1C(=O)CS[C@H]1c1ccc(C(F)(F)F)cc1. The number of amides is 1. The van der Waals surface area contributed by atoms with E-state index in [1.165, 1.54) is 30.8 Å². The minimum atomic E-state index is -4.44. The Labute approximate surface area is 122 Å². The van der Waals surface area contributed by atoms with Gasteiger partial charge in [-0.15, -0.1) is 11.8 Å². The zero-order valence-corrected chi connectivity index (χ0v) is 11.7. The Hall–Kier alpha value is -1.70. The molecular weight excluding hydrogens is 307 g/mol. The summed E-state index contributed by atoms with van der Waals surface area (Å²) in [6.07, 6.45) is -4.44. The second-order valence-corrected chi connectivity index (χ2v) is 5.65. The van der Waals surface area contributed by atoms with Crippen molar-refractivity contribution in [2.45, 2.75) is 24.5 Å². The third-order valence-electron chi connectivity index (χ3n) is 3.19. The zero-order chi connectivity index (χ0) is 15.8. The monoisotopic (exact) mass is 318 g/mol. The second kappa shape index (κ2) is 5.59. The van der Waals surface area contributed by atoms with Gasteiger partial charge < -0.3 is 14.8 Å². The lowest BCUT2D eigenvalue weighted by atomic mass is 10.1. The molecule has 2 rings (SSSR count). The van der Waals surface area contributed by atoms with E-state index in [0.29, 0.717) is 5.56 Å². The van der Waals surface area contributed by atoms with Crippen LogP contribution in [0.15, 0.2) is 24.3 Å². The number of thioether (sulfide) groups is 1. The number of rotatable bonds is 3. The van der Waals surface area contributed by atoms with E-state index in [-0.39, 0.29) is 11.7 Å². The molecule has 1 aromatic carbocycles. The predicted octanol–water partition coefficient (Wildman–Crippen LogP) is 1.42. The number of carboxylic acid groups (broad SMARTS) is 1. The average molecular weight is 318 g/mol. The maximum atomic E-state index is 12.5. The largest absolute Gasteiger partial charge is 0.548 e. The maximum absolute atomic E-state index is 12.5. The number of carboxylic acids is 1. The molecule has 8 heteroatoms. The van der Waals surface area contributed by atoms with Gasteiger partial charge in [-0.2, -0.15) is 13.2 Å². The molecule has 0 N–H and O–H groups in total. The molecule has 2 atom stereocenters. The summed E-state index contributed by atoms with van der Waals surface area (Å²) in [5.41, 5.74) is -0.341. The van der Waals surface area contributed by atoms with Crippen molar-refractivity contribution in [1.82, 2.24) is 4.90 Å². The molecule has 1 heterocycles. The van der Waals surface area contributed by atoms with Crippen LogP contribution in [0.5, 0.6) is 0 Å². The summed E-state index contributed by atoms with van der Waals surface area (Å²) in [6, 6.07) is 3.21. The summed E-state index contributed by atoms with van der Waals surface area (Å²) < 4.78 is 37.5. The van der Waals surface area contributed by atoms with Gasteiger partial charge in [0, 0.05) is 0 Å². The smallest absolute Gasteiger partial charge is 0.416 e. The summed E-state index contributed by atoms with van der Waals surface area (Å²) in [5.74, 6) is -1.69. The summed E-state index contributed by atoms with van der Waals surface area (Å²) >= 11 is 1.17. The van der Waals surface area contributed by atoms with E-state index in [9.17, 15) is 27.9 Å². The Morgan fingerprint density at radius 2 is 1.95 bits per heavy atom. The van der Waals surface area contributed by atoms with Crippen molar-refractivity contribution in [2.24, 2.45) is 0 Å². The van der Waals surface area contributed by atoms with Gasteiger partial charge in [-0.3, -0.25) is 4.79 Å². The highest BCUT2D eigenvalue weighted by Crippen LogP contribution is 2.40. The Balaban J connectivity index is 2.28. The van der Waals surface area contributed by atoms with E-state index in [1.807, 2.05) is 0 Å². The molecule has 1 aromatic rings. The molecule has 1 amide bonds. The minimum absolute atomic E-state index is 0.0866. The first-order valence-electron chi connectivity index (χ1n) is 6.02. The molecule has 1 saturated heterocycles. The molecule has 21 heavy (non-hydrogen) atoms. The van der Waals surface area contributed by atoms with Gasteiger partial charge in [0.2, 0.25) is 5.91 Å². The van der Waals surface area contributed by atoms with Crippen molar-refractivity contribution in [3.63, 3.8) is 0 Å². The molecule has 0 aliphatic carbocycles. The van der Waals surface area contributed by atoms with Crippen LogP contribution < -0.4 is 5.11 Å². The van der Waals surface area contributed by atoms with E-state index in [4.69, 9.17) is 0 Å². The van der Waals surface area contributed by atoms with Crippen LogP contribution in [-0.2, 0) is 15.8 Å². The minimum Gasteiger partial charge on any atom is -0.548 e. The molecule has 0 bridgehead atoms. The van der Waals surface area contributed by atoms with Crippen LogP contribution in [0.2, 0.25) is 0 Å². The summed E-state index contributed by atoms with van der Waals surface area (Å²) in [5, 5.41) is 10.3. The van der Waals surface area contributed by atoms with Gasteiger partial charge in [0.15, 0.2) is 0 Å². The lowest BCUT2D eigenvalue weighted by Gasteiger charge is -2.31. The van der Waals surface area contributed by atoms with Gasteiger partial charge in [0.25, 0.3) is 0 Å². The summed E-state index contributed by atoms with van der Waals surface area (Å²) in [4.78, 5) is 23.8. The van der Waals surface area contributed by atoms with Gasteiger partial charge in [-0.05, 0) is 24.6 Å². The predicted molar refractivity (Wildman–Crippen MR) is 68.0 cm³/mol. The number of hydrogen-bond acceptors (Lipinski definition) is 4. The van der Waals surface area contributed by atoms with Gasteiger partial charge in [0.1, 0.15) is 5.37 Å². The number of carbonyl (C=O) groups is 2. The fraction of sp³-hybridized carbons (Fsp3) is 0.385. The number of benzene rings is 1. The van der Waals surface area contributed by atoms with Crippen molar-refractivity contribution in [3.05, 3.63) is 35.4 Å². The van der Waals surface area contributed by atoms with Crippen LogP contribution in [0.25, 0.3) is 0 Å². The average Bonchev–Trinajstić information content (AvgIpc) is 2.78. The molecule has 0 saturated carbocycles. The topological polar surface area (TPSA) is 60.4 Å². The third-order valence-corrected chi connectivity index (χ3v) is 4.42. The molecule has 0 unspecified atom stereocenters. The Bertz CT molecular complexity index is 559. The third kappa shape index (κ3) is 3.15. The van der Waals surface area contributed by atoms with Crippen molar-refractivity contribution in [2.75, 3.05) is 5.75 Å². The Morgan fingerprint density at radius 3 is 2.43 bits per heavy atom. The van der Waals surface area contributed by atoms with Crippen LogP contribution in [0, 0.1) is 0 Å². The van der Waals surface area contributed by atoms with E-state index < -0.39 is 29.1 Å². The number of aliphatic carboxylic acids is 1. The first-order valence-corrected chi connectivity index (χ1v) is 7.07. The van der Waals surface area contributed by atoms with Crippen LogP contribution in [0.3, 0.4) is 0 Å². The van der Waals surface area contributed by atoms with Crippen molar-refractivity contribution in [3.8, 4) is 0 Å². The Kier molecular flexibility index (Phi) is 4.18. The first-order chi connectivity index (χ1) is 9.71. The number of carbonyl (C=O) groups excluding carboxylic acids is 2. The molecule has 1 aliphatic heterocycles. The summed E-state index contributed by atoms with van der Waals surface area (Å²) in [6.45, 7) is 1.32. The zero-order valence-electron chi connectivity index (χ0n) is 10.9. The molecule has 114 valence electrons. The quantitative estimate of drug-likeness (QED) is 0.846. The molecular formula is C13H11F3NO3S-. The Morgan fingerprint density at radius 1 is 1.38 bits per heavy atom.